The molecule has 0 radical (unpaired) electrons. The van der Waals surface area contributed by atoms with Crippen molar-refractivity contribution in [2.75, 3.05) is 24.7 Å². The van der Waals surface area contributed by atoms with Crippen molar-refractivity contribution in [1.29, 1.82) is 0 Å². The Bertz CT molecular complexity index is 1150. The molecule has 1 amide bonds. The number of piperidine rings is 1. The van der Waals surface area contributed by atoms with Crippen LogP contribution >= 0.6 is 11.6 Å². The average Bonchev–Trinajstić information content (AvgIpc) is 2.79. The first-order valence-corrected chi connectivity index (χ1v) is 10.5. The van der Waals surface area contributed by atoms with E-state index in [0.29, 0.717) is 37.0 Å². The number of fused-ring (bicyclic) bond motifs is 1. The number of aromatic nitrogens is 3. The van der Waals surface area contributed by atoms with E-state index in [1.807, 2.05) is 30.3 Å². The summed E-state index contributed by atoms with van der Waals surface area (Å²) in [7, 11) is 0. The number of halogens is 1. The summed E-state index contributed by atoms with van der Waals surface area (Å²) in [6.45, 7) is 1.89. The zero-order chi connectivity index (χ0) is 20.5. The minimum absolute atomic E-state index is 0.0519. The lowest BCUT2D eigenvalue weighted by atomic mass is 9.89. The SMILES string of the molecule is O=C1CC(c2nccnc2C2=CCOCC2)CCN1c1ccc2ccc(Cl)cc2n1. The van der Waals surface area contributed by atoms with E-state index in [-0.39, 0.29) is 11.8 Å². The molecule has 0 aliphatic carbocycles. The summed E-state index contributed by atoms with van der Waals surface area (Å²) in [6.07, 6.45) is 7.53. The van der Waals surface area contributed by atoms with Crippen LogP contribution in [0.3, 0.4) is 0 Å². The van der Waals surface area contributed by atoms with Gasteiger partial charge < -0.3 is 4.74 Å². The zero-order valence-electron chi connectivity index (χ0n) is 16.4. The van der Waals surface area contributed by atoms with Gasteiger partial charge in [0.1, 0.15) is 5.82 Å². The third-order valence-corrected chi connectivity index (χ3v) is 5.96. The Balaban J connectivity index is 1.39. The van der Waals surface area contributed by atoms with Gasteiger partial charge in [0, 0.05) is 41.7 Å². The van der Waals surface area contributed by atoms with Crippen molar-refractivity contribution in [3.8, 4) is 0 Å². The van der Waals surface area contributed by atoms with Crippen LogP contribution in [0.4, 0.5) is 5.82 Å². The molecule has 1 unspecified atom stereocenters. The number of hydrogen-bond donors (Lipinski definition) is 0. The van der Waals surface area contributed by atoms with Crippen LogP contribution in [0, 0.1) is 0 Å². The van der Waals surface area contributed by atoms with E-state index in [1.165, 1.54) is 0 Å². The molecule has 30 heavy (non-hydrogen) atoms. The molecular formula is C23H21ClN4O2. The van der Waals surface area contributed by atoms with Crippen LogP contribution in [0.1, 0.15) is 36.6 Å². The van der Waals surface area contributed by atoms with Gasteiger partial charge in [0.2, 0.25) is 5.91 Å². The standard InChI is InChI=1S/C23H21ClN4O2/c24-18-3-1-15-2-4-20(27-19(15)14-18)28-10-5-17(13-21(28)29)23-22(25-8-9-26-23)16-6-11-30-12-7-16/h1-4,6,8-9,14,17H,5,7,10-13H2. The number of hydrogen-bond acceptors (Lipinski definition) is 5. The van der Waals surface area contributed by atoms with Crippen molar-refractivity contribution in [2.45, 2.75) is 25.2 Å². The molecule has 4 heterocycles. The molecule has 1 saturated heterocycles. The van der Waals surface area contributed by atoms with E-state index in [1.54, 1.807) is 17.3 Å². The number of carbonyl (C=O) groups is 1. The fourth-order valence-corrected chi connectivity index (χ4v) is 4.34. The second-order valence-electron chi connectivity index (χ2n) is 7.59. The van der Waals surface area contributed by atoms with E-state index in [9.17, 15) is 4.79 Å². The maximum atomic E-state index is 13.0. The van der Waals surface area contributed by atoms with Crippen LogP contribution < -0.4 is 4.90 Å². The number of benzene rings is 1. The topological polar surface area (TPSA) is 68.2 Å². The van der Waals surface area contributed by atoms with E-state index < -0.39 is 0 Å². The summed E-state index contributed by atoms with van der Waals surface area (Å²) < 4.78 is 5.42. The Morgan fingerprint density at radius 1 is 1.13 bits per heavy atom. The molecule has 5 rings (SSSR count). The van der Waals surface area contributed by atoms with Crippen molar-refractivity contribution >= 4 is 39.8 Å². The third-order valence-electron chi connectivity index (χ3n) is 5.72. The van der Waals surface area contributed by atoms with Crippen molar-refractivity contribution < 1.29 is 9.53 Å². The van der Waals surface area contributed by atoms with E-state index in [0.717, 1.165) is 40.7 Å². The predicted octanol–water partition coefficient (Wildman–Crippen LogP) is 4.39. The van der Waals surface area contributed by atoms with Crippen molar-refractivity contribution in [3.05, 3.63) is 65.2 Å². The molecule has 6 nitrogen and oxygen atoms in total. The highest BCUT2D eigenvalue weighted by Gasteiger charge is 2.31. The van der Waals surface area contributed by atoms with Crippen LogP contribution in [0.5, 0.6) is 0 Å². The maximum absolute atomic E-state index is 13.0. The molecule has 3 aromatic rings. The quantitative estimate of drug-likeness (QED) is 0.628. The first kappa shape index (κ1) is 19.2. The number of nitrogens with zero attached hydrogens (tertiary/aromatic N) is 4. The van der Waals surface area contributed by atoms with Crippen LogP contribution in [0.2, 0.25) is 5.02 Å². The molecule has 0 saturated carbocycles. The molecule has 1 aromatic carbocycles. The number of ether oxygens (including phenoxy) is 1. The minimum Gasteiger partial charge on any atom is -0.377 e. The van der Waals surface area contributed by atoms with Crippen LogP contribution in [0.25, 0.3) is 16.5 Å². The van der Waals surface area contributed by atoms with Crippen LogP contribution in [-0.2, 0) is 9.53 Å². The van der Waals surface area contributed by atoms with E-state index >= 15 is 0 Å². The highest BCUT2D eigenvalue weighted by atomic mass is 35.5. The molecule has 2 aliphatic heterocycles. The highest BCUT2D eigenvalue weighted by Crippen LogP contribution is 2.34. The number of rotatable bonds is 3. The molecule has 0 bridgehead atoms. The second kappa shape index (κ2) is 8.13. The molecular weight excluding hydrogens is 400 g/mol. The number of carbonyl (C=O) groups excluding carboxylic acids is 1. The Hall–Kier alpha value is -2.83. The van der Waals surface area contributed by atoms with Gasteiger partial charge in [-0.3, -0.25) is 19.7 Å². The Morgan fingerprint density at radius 2 is 2.00 bits per heavy atom. The predicted molar refractivity (Wildman–Crippen MR) is 117 cm³/mol. The summed E-state index contributed by atoms with van der Waals surface area (Å²) in [6, 6.07) is 9.48. The molecule has 152 valence electrons. The summed E-state index contributed by atoms with van der Waals surface area (Å²) in [5.41, 5.74) is 3.77. The zero-order valence-corrected chi connectivity index (χ0v) is 17.2. The lowest BCUT2D eigenvalue weighted by molar-refractivity contribution is -0.120. The van der Waals surface area contributed by atoms with Gasteiger partial charge >= 0.3 is 0 Å². The van der Waals surface area contributed by atoms with Crippen LogP contribution in [-0.4, -0.2) is 40.6 Å². The van der Waals surface area contributed by atoms with Gasteiger partial charge in [0.25, 0.3) is 0 Å². The largest absolute Gasteiger partial charge is 0.377 e. The molecule has 0 N–H and O–H groups in total. The normalized spacial score (nSPS) is 19.8. The fourth-order valence-electron chi connectivity index (χ4n) is 4.18. The van der Waals surface area contributed by atoms with Crippen LogP contribution in [0.15, 0.2) is 48.8 Å². The second-order valence-corrected chi connectivity index (χ2v) is 8.02. The van der Waals surface area contributed by atoms with Gasteiger partial charge in [0.05, 0.1) is 30.1 Å². The van der Waals surface area contributed by atoms with E-state index in [2.05, 4.69) is 21.0 Å². The van der Waals surface area contributed by atoms with Gasteiger partial charge in [-0.05, 0) is 42.7 Å². The number of anilines is 1. The summed E-state index contributed by atoms with van der Waals surface area (Å²) in [5, 5.41) is 1.63. The fraction of sp³-hybridized carbons (Fsp3) is 0.304. The van der Waals surface area contributed by atoms with Crippen molar-refractivity contribution in [1.82, 2.24) is 15.0 Å². The third kappa shape index (κ3) is 3.68. The molecule has 1 fully saturated rings. The van der Waals surface area contributed by atoms with Gasteiger partial charge in [0.15, 0.2) is 0 Å². The number of pyridine rings is 1. The first-order chi connectivity index (χ1) is 14.7. The monoisotopic (exact) mass is 420 g/mol. The lowest BCUT2D eigenvalue weighted by Crippen LogP contribution is -2.39. The van der Waals surface area contributed by atoms with Crippen molar-refractivity contribution in [3.63, 3.8) is 0 Å². The van der Waals surface area contributed by atoms with Crippen molar-refractivity contribution in [2.24, 2.45) is 0 Å². The summed E-state index contributed by atoms with van der Waals surface area (Å²) in [5.74, 6) is 0.772. The van der Waals surface area contributed by atoms with E-state index in [4.69, 9.17) is 16.3 Å². The highest BCUT2D eigenvalue weighted by molar-refractivity contribution is 6.31. The molecule has 7 heteroatoms. The summed E-state index contributed by atoms with van der Waals surface area (Å²) >= 11 is 6.11. The maximum Gasteiger partial charge on any atom is 0.228 e. The first-order valence-electron chi connectivity index (χ1n) is 10.1. The Labute approximate surface area is 179 Å². The Morgan fingerprint density at radius 3 is 2.83 bits per heavy atom. The molecule has 1 atom stereocenters. The Kier molecular flexibility index (Phi) is 5.19. The van der Waals surface area contributed by atoms with Gasteiger partial charge in [-0.15, -0.1) is 0 Å². The molecule has 2 aliphatic rings. The van der Waals surface area contributed by atoms with Gasteiger partial charge in [-0.1, -0.05) is 23.7 Å². The molecule has 2 aromatic heterocycles. The van der Waals surface area contributed by atoms with Gasteiger partial charge in [-0.25, -0.2) is 4.98 Å². The number of amides is 1. The average molecular weight is 421 g/mol. The molecule has 0 spiro atoms. The minimum atomic E-state index is 0.0519. The van der Waals surface area contributed by atoms with Gasteiger partial charge in [-0.2, -0.15) is 0 Å². The lowest BCUT2D eigenvalue weighted by Gasteiger charge is -2.31. The summed E-state index contributed by atoms with van der Waals surface area (Å²) in [4.78, 5) is 28.7. The smallest absolute Gasteiger partial charge is 0.228 e.